The molecular formula is C20H33N3O4S. The Morgan fingerprint density at radius 1 is 1.21 bits per heavy atom. The minimum atomic E-state index is -3.68. The van der Waals surface area contributed by atoms with Gasteiger partial charge in [0.2, 0.25) is 21.8 Å². The van der Waals surface area contributed by atoms with E-state index in [2.05, 4.69) is 18.7 Å². The van der Waals surface area contributed by atoms with E-state index < -0.39 is 27.9 Å². The summed E-state index contributed by atoms with van der Waals surface area (Å²) in [5.41, 5.74) is 0.471. The maximum atomic E-state index is 13.0. The van der Waals surface area contributed by atoms with Gasteiger partial charge in [0.15, 0.2) is 0 Å². The molecule has 3 aliphatic rings. The van der Waals surface area contributed by atoms with Gasteiger partial charge in [-0.2, -0.15) is 0 Å². The van der Waals surface area contributed by atoms with E-state index in [4.69, 9.17) is 0 Å². The van der Waals surface area contributed by atoms with Crippen LogP contribution in [0.1, 0.15) is 59.3 Å². The lowest BCUT2D eigenvalue weighted by Gasteiger charge is -2.39. The zero-order valence-corrected chi connectivity index (χ0v) is 18.2. The monoisotopic (exact) mass is 411 g/mol. The van der Waals surface area contributed by atoms with E-state index in [1.165, 1.54) is 6.42 Å². The van der Waals surface area contributed by atoms with Crippen LogP contribution in [0.4, 0.5) is 0 Å². The standard InChI is InChI=1S/C20H33N3O4S/c1-5-7-16-19-17(23(20(16)25)28(4,26)27)10-12-22(19)18(24)11-13-21-14(2)8-6-9-15(21)3/h10,14-16,19H,5-9,11-13H2,1-4H3/t14?,15?,16-,19-/m1/s1. The normalized spacial score (nSPS) is 31.3. The summed E-state index contributed by atoms with van der Waals surface area (Å²) in [6.45, 7) is 7.49. The predicted molar refractivity (Wildman–Crippen MR) is 108 cm³/mol. The molecule has 0 aromatic rings. The number of fused-ring (bicyclic) bond motifs is 1. The second-order valence-corrected chi connectivity index (χ2v) is 10.3. The van der Waals surface area contributed by atoms with Crippen LogP contribution in [0.15, 0.2) is 11.8 Å². The van der Waals surface area contributed by atoms with Gasteiger partial charge in [-0.3, -0.25) is 14.5 Å². The quantitative estimate of drug-likeness (QED) is 0.668. The van der Waals surface area contributed by atoms with Crippen LogP contribution >= 0.6 is 0 Å². The van der Waals surface area contributed by atoms with Crippen LogP contribution in [0.25, 0.3) is 0 Å². The molecule has 2 fully saturated rings. The molecule has 0 radical (unpaired) electrons. The van der Waals surface area contributed by atoms with Crippen molar-refractivity contribution in [2.75, 3.05) is 19.3 Å². The fourth-order valence-electron chi connectivity index (χ4n) is 5.11. The second kappa shape index (κ2) is 8.14. The molecule has 0 spiro atoms. The third-order valence-corrected chi connectivity index (χ3v) is 7.53. The number of rotatable bonds is 6. The molecule has 3 rings (SSSR count). The molecule has 7 nitrogen and oxygen atoms in total. The first-order valence-corrected chi connectivity index (χ1v) is 12.3. The highest BCUT2D eigenvalue weighted by Gasteiger charge is 2.53. The van der Waals surface area contributed by atoms with Crippen LogP contribution < -0.4 is 0 Å². The Labute approximate surface area is 168 Å². The van der Waals surface area contributed by atoms with E-state index in [0.717, 1.165) is 29.8 Å². The molecule has 0 N–H and O–H groups in total. The van der Waals surface area contributed by atoms with E-state index >= 15 is 0 Å². The summed E-state index contributed by atoms with van der Waals surface area (Å²) in [6, 6.07) is 0.516. The molecule has 0 aromatic heterocycles. The van der Waals surface area contributed by atoms with E-state index in [0.29, 0.717) is 43.7 Å². The van der Waals surface area contributed by atoms with Gasteiger partial charge in [-0.15, -0.1) is 0 Å². The smallest absolute Gasteiger partial charge is 0.246 e. The Balaban J connectivity index is 1.73. The second-order valence-electron chi connectivity index (χ2n) is 8.50. The van der Waals surface area contributed by atoms with Crippen LogP contribution in [0.3, 0.4) is 0 Å². The van der Waals surface area contributed by atoms with E-state index in [-0.39, 0.29) is 5.91 Å². The molecule has 2 unspecified atom stereocenters. The third kappa shape index (κ3) is 3.85. The Morgan fingerprint density at radius 3 is 2.43 bits per heavy atom. The molecule has 2 amide bonds. The van der Waals surface area contributed by atoms with Crippen LogP contribution in [0.5, 0.6) is 0 Å². The minimum absolute atomic E-state index is 0.00507. The highest BCUT2D eigenvalue weighted by molar-refractivity contribution is 7.89. The highest BCUT2D eigenvalue weighted by atomic mass is 32.2. The molecule has 28 heavy (non-hydrogen) atoms. The SMILES string of the molecule is CCC[C@H]1C(=O)N(S(C)(=O)=O)C2=CCN(C(=O)CCN3C(C)CCCC3C)[C@@H]21. The van der Waals surface area contributed by atoms with Crippen molar-refractivity contribution in [2.24, 2.45) is 5.92 Å². The molecule has 4 atom stereocenters. The lowest BCUT2D eigenvalue weighted by molar-refractivity contribution is -0.134. The van der Waals surface area contributed by atoms with Gasteiger partial charge in [0.05, 0.1) is 23.9 Å². The number of hydrogen-bond acceptors (Lipinski definition) is 5. The van der Waals surface area contributed by atoms with Gasteiger partial charge in [-0.25, -0.2) is 12.7 Å². The number of nitrogens with zero attached hydrogens (tertiary/aromatic N) is 3. The summed E-state index contributed by atoms with van der Waals surface area (Å²) in [6.07, 6.45) is 8.10. The lowest BCUT2D eigenvalue weighted by atomic mass is 9.95. The first kappa shape index (κ1) is 21.3. The summed E-state index contributed by atoms with van der Waals surface area (Å²) >= 11 is 0. The zero-order chi connectivity index (χ0) is 20.6. The van der Waals surface area contributed by atoms with Crippen molar-refractivity contribution in [1.29, 1.82) is 0 Å². The third-order valence-electron chi connectivity index (χ3n) is 6.48. The Morgan fingerprint density at radius 2 is 1.86 bits per heavy atom. The van der Waals surface area contributed by atoms with Gasteiger partial charge in [0.25, 0.3) is 0 Å². The fourth-order valence-corrected chi connectivity index (χ4v) is 6.14. The van der Waals surface area contributed by atoms with Gasteiger partial charge in [0.1, 0.15) is 0 Å². The van der Waals surface area contributed by atoms with E-state index in [9.17, 15) is 18.0 Å². The molecule has 3 aliphatic heterocycles. The highest BCUT2D eigenvalue weighted by Crippen LogP contribution is 2.40. The minimum Gasteiger partial charge on any atom is -0.329 e. The molecule has 158 valence electrons. The number of sulfonamides is 1. The average molecular weight is 412 g/mol. The van der Waals surface area contributed by atoms with Gasteiger partial charge in [0, 0.05) is 31.6 Å². The fraction of sp³-hybridized carbons (Fsp3) is 0.800. The van der Waals surface area contributed by atoms with Crippen molar-refractivity contribution < 1.29 is 18.0 Å². The van der Waals surface area contributed by atoms with Crippen molar-refractivity contribution in [3.63, 3.8) is 0 Å². The van der Waals surface area contributed by atoms with Crippen molar-refractivity contribution in [1.82, 2.24) is 14.1 Å². The van der Waals surface area contributed by atoms with Crippen molar-refractivity contribution in [2.45, 2.75) is 77.4 Å². The number of hydrogen-bond donors (Lipinski definition) is 0. The van der Waals surface area contributed by atoms with Crippen molar-refractivity contribution in [3.05, 3.63) is 11.8 Å². The molecule has 0 aromatic carbocycles. The summed E-state index contributed by atoms with van der Waals surface area (Å²) in [5, 5.41) is 0. The first-order valence-electron chi connectivity index (χ1n) is 10.5. The van der Waals surface area contributed by atoms with Gasteiger partial charge < -0.3 is 4.90 Å². The molecule has 2 saturated heterocycles. The Kier molecular flexibility index (Phi) is 6.20. The molecular weight excluding hydrogens is 378 g/mol. The molecule has 0 aliphatic carbocycles. The lowest BCUT2D eigenvalue weighted by Crippen LogP contribution is -2.47. The van der Waals surface area contributed by atoms with Crippen LogP contribution in [0, 0.1) is 5.92 Å². The van der Waals surface area contributed by atoms with Gasteiger partial charge >= 0.3 is 0 Å². The summed E-state index contributed by atoms with van der Waals surface area (Å²) in [5.74, 6) is -0.855. The van der Waals surface area contributed by atoms with Crippen molar-refractivity contribution in [3.8, 4) is 0 Å². The summed E-state index contributed by atoms with van der Waals surface area (Å²) in [7, 11) is -3.68. The molecule has 3 heterocycles. The van der Waals surface area contributed by atoms with Crippen LogP contribution in [-0.4, -0.2) is 71.8 Å². The zero-order valence-electron chi connectivity index (χ0n) is 17.4. The molecule has 0 bridgehead atoms. The largest absolute Gasteiger partial charge is 0.329 e. The number of piperidine rings is 1. The van der Waals surface area contributed by atoms with Gasteiger partial charge in [-0.05, 0) is 39.2 Å². The van der Waals surface area contributed by atoms with Gasteiger partial charge in [-0.1, -0.05) is 19.8 Å². The molecule has 0 saturated carbocycles. The number of amides is 2. The maximum absolute atomic E-state index is 13.0. The number of carbonyl (C=O) groups excluding carboxylic acids is 2. The first-order chi connectivity index (χ1) is 13.2. The van der Waals surface area contributed by atoms with E-state index in [1.54, 1.807) is 11.0 Å². The van der Waals surface area contributed by atoms with Crippen molar-refractivity contribution >= 4 is 21.8 Å². The predicted octanol–water partition coefficient (Wildman–Crippen LogP) is 1.95. The number of carbonyl (C=O) groups is 2. The topological polar surface area (TPSA) is 78.0 Å². The van der Waals surface area contributed by atoms with Crippen LogP contribution in [0.2, 0.25) is 0 Å². The van der Waals surface area contributed by atoms with Crippen LogP contribution in [-0.2, 0) is 19.6 Å². The summed E-state index contributed by atoms with van der Waals surface area (Å²) in [4.78, 5) is 29.9. The summed E-state index contributed by atoms with van der Waals surface area (Å²) < 4.78 is 25.3. The Hall–Kier alpha value is -1.41. The number of likely N-dealkylation sites (tertiary alicyclic amines) is 1. The average Bonchev–Trinajstić information content (AvgIpc) is 3.12. The van der Waals surface area contributed by atoms with E-state index in [1.807, 2.05) is 6.92 Å². The molecule has 8 heteroatoms. The maximum Gasteiger partial charge on any atom is 0.246 e. The Bertz CT molecular complexity index is 753.